The summed E-state index contributed by atoms with van der Waals surface area (Å²) in [7, 11) is 0. The van der Waals surface area contributed by atoms with Gasteiger partial charge in [0, 0.05) is 13.1 Å². The maximum Gasteiger partial charge on any atom is 0.323 e. The lowest BCUT2D eigenvalue weighted by atomic mass is 10.0. The van der Waals surface area contributed by atoms with Crippen LogP contribution in [0.25, 0.3) is 0 Å². The van der Waals surface area contributed by atoms with Gasteiger partial charge >= 0.3 is 5.97 Å². The van der Waals surface area contributed by atoms with Gasteiger partial charge in [0.2, 0.25) is 0 Å². The molecule has 0 saturated carbocycles. The van der Waals surface area contributed by atoms with E-state index in [2.05, 4.69) is 17.0 Å². The van der Waals surface area contributed by atoms with Gasteiger partial charge in [-0.25, -0.2) is 0 Å². The average molecular weight is 247 g/mol. The van der Waals surface area contributed by atoms with Crippen molar-refractivity contribution in [3.05, 3.63) is 35.9 Å². The standard InChI is InChI=1S/C15H21NO2/c1-15(2,3)18-14(17)13-9-10-16(13)11-12-7-5-4-6-8-12/h4-8,13H,9-11H2,1-3H3. The van der Waals surface area contributed by atoms with Crippen LogP contribution in [0.2, 0.25) is 0 Å². The quantitative estimate of drug-likeness (QED) is 0.769. The molecular formula is C15H21NO2. The largest absolute Gasteiger partial charge is 0.459 e. The fraction of sp³-hybridized carbons (Fsp3) is 0.533. The molecule has 1 atom stereocenters. The molecule has 1 aliphatic heterocycles. The lowest BCUT2D eigenvalue weighted by Crippen LogP contribution is -2.53. The summed E-state index contributed by atoms with van der Waals surface area (Å²) < 4.78 is 5.43. The lowest BCUT2D eigenvalue weighted by molar-refractivity contribution is -0.166. The van der Waals surface area contributed by atoms with Gasteiger partial charge in [-0.1, -0.05) is 30.3 Å². The molecule has 0 aromatic heterocycles. The van der Waals surface area contributed by atoms with E-state index in [1.807, 2.05) is 39.0 Å². The van der Waals surface area contributed by atoms with Crippen LogP contribution in [0.3, 0.4) is 0 Å². The molecule has 1 fully saturated rings. The normalized spacial score (nSPS) is 20.3. The molecule has 0 spiro atoms. The second-order valence-corrected chi connectivity index (χ2v) is 5.79. The zero-order valence-electron chi connectivity index (χ0n) is 11.3. The average Bonchev–Trinajstić information content (AvgIpc) is 2.23. The fourth-order valence-corrected chi connectivity index (χ4v) is 2.08. The molecule has 0 radical (unpaired) electrons. The van der Waals surface area contributed by atoms with E-state index >= 15 is 0 Å². The van der Waals surface area contributed by atoms with E-state index in [9.17, 15) is 4.79 Å². The highest BCUT2D eigenvalue weighted by Gasteiger charge is 2.36. The molecule has 1 heterocycles. The SMILES string of the molecule is CC(C)(C)OC(=O)C1CCN1Cc1ccccc1. The molecular weight excluding hydrogens is 226 g/mol. The Hall–Kier alpha value is -1.35. The van der Waals surface area contributed by atoms with Gasteiger partial charge in [-0.15, -0.1) is 0 Å². The summed E-state index contributed by atoms with van der Waals surface area (Å²) >= 11 is 0. The third-order valence-electron chi connectivity index (χ3n) is 3.04. The smallest absolute Gasteiger partial charge is 0.323 e. The molecule has 3 heteroatoms. The van der Waals surface area contributed by atoms with Crippen molar-refractivity contribution >= 4 is 5.97 Å². The minimum absolute atomic E-state index is 0.0653. The molecule has 2 rings (SSSR count). The number of rotatable bonds is 3. The van der Waals surface area contributed by atoms with E-state index < -0.39 is 5.60 Å². The van der Waals surface area contributed by atoms with Crippen LogP contribution in [0.1, 0.15) is 32.8 Å². The minimum Gasteiger partial charge on any atom is -0.459 e. The zero-order chi connectivity index (χ0) is 13.2. The Morgan fingerprint density at radius 1 is 1.33 bits per heavy atom. The predicted octanol–water partition coefficient (Wildman–Crippen LogP) is 2.60. The third kappa shape index (κ3) is 3.33. The minimum atomic E-state index is -0.398. The number of carbonyl (C=O) groups is 1. The summed E-state index contributed by atoms with van der Waals surface area (Å²) in [6.45, 7) is 7.52. The molecule has 0 amide bonds. The zero-order valence-corrected chi connectivity index (χ0v) is 11.3. The van der Waals surface area contributed by atoms with Gasteiger partial charge in [0.1, 0.15) is 11.6 Å². The number of ether oxygens (including phenoxy) is 1. The Kier molecular flexibility index (Phi) is 3.71. The van der Waals surface area contributed by atoms with Crippen LogP contribution >= 0.6 is 0 Å². The number of nitrogens with zero attached hydrogens (tertiary/aromatic N) is 1. The topological polar surface area (TPSA) is 29.5 Å². The molecule has 1 saturated heterocycles. The first kappa shape index (κ1) is 13.1. The van der Waals surface area contributed by atoms with Gasteiger partial charge < -0.3 is 4.74 Å². The molecule has 1 aliphatic rings. The number of hydrogen-bond acceptors (Lipinski definition) is 3. The number of esters is 1. The van der Waals surface area contributed by atoms with Crippen molar-refractivity contribution in [3.63, 3.8) is 0 Å². The molecule has 0 bridgehead atoms. The highest BCUT2D eigenvalue weighted by molar-refractivity contribution is 5.77. The van der Waals surface area contributed by atoms with E-state index in [1.54, 1.807) is 0 Å². The van der Waals surface area contributed by atoms with Gasteiger partial charge in [-0.3, -0.25) is 9.69 Å². The summed E-state index contributed by atoms with van der Waals surface area (Å²) in [5.74, 6) is -0.0929. The third-order valence-corrected chi connectivity index (χ3v) is 3.04. The lowest BCUT2D eigenvalue weighted by Gasteiger charge is -2.40. The van der Waals surface area contributed by atoms with E-state index in [0.29, 0.717) is 0 Å². The molecule has 0 N–H and O–H groups in total. The Balaban J connectivity index is 1.91. The molecule has 1 aromatic rings. The Labute approximate surface area is 109 Å². The number of carbonyl (C=O) groups excluding carboxylic acids is 1. The molecule has 98 valence electrons. The second-order valence-electron chi connectivity index (χ2n) is 5.79. The van der Waals surface area contributed by atoms with Gasteiger partial charge in [-0.05, 0) is 32.8 Å². The summed E-state index contributed by atoms with van der Waals surface area (Å²) in [6.07, 6.45) is 0.905. The number of hydrogen-bond donors (Lipinski definition) is 0. The summed E-state index contributed by atoms with van der Waals surface area (Å²) in [5, 5.41) is 0. The van der Waals surface area contributed by atoms with Crippen LogP contribution in [0.5, 0.6) is 0 Å². The van der Waals surface area contributed by atoms with Crippen LogP contribution < -0.4 is 0 Å². The fourth-order valence-electron chi connectivity index (χ4n) is 2.08. The summed E-state index contributed by atoms with van der Waals surface area (Å²) in [5.41, 5.74) is 0.844. The van der Waals surface area contributed by atoms with Crippen LogP contribution in [0.4, 0.5) is 0 Å². The van der Waals surface area contributed by atoms with E-state index in [0.717, 1.165) is 19.5 Å². The van der Waals surface area contributed by atoms with Crippen LogP contribution in [0.15, 0.2) is 30.3 Å². The van der Waals surface area contributed by atoms with Gasteiger partial charge in [-0.2, -0.15) is 0 Å². The first-order chi connectivity index (χ1) is 8.46. The maximum absolute atomic E-state index is 12.0. The van der Waals surface area contributed by atoms with E-state index in [-0.39, 0.29) is 12.0 Å². The van der Waals surface area contributed by atoms with Crippen molar-refractivity contribution in [2.45, 2.75) is 45.4 Å². The van der Waals surface area contributed by atoms with Crippen molar-refractivity contribution in [2.75, 3.05) is 6.54 Å². The first-order valence-electron chi connectivity index (χ1n) is 6.46. The van der Waals surface area contributed by atoms with Crippen molar-refractivity contribution in [2.24, 2.45) is 0 Å². The van der Waals surface area contributed by atoms with Crippen LogP contribution in [-0.4, -0.2) is 29.1 Å². The first-order valence-corrected chi connectivity index (χ1v) is 6.46. The Morgan fingerprint density at radius 2 is 2.00 bits per heavy atom. The molecule has 3 nitrogen and oxygen atoms in total. The van der Waals surface area contributed by atoms with Crippen molar-refractivity contribution in [1.82, 2.24) is 4.90 Å². The monoisotopic (exact) mass is 247 g/mol. The maximum atomic E-state index is 12.0. The Morgan fingerprint density at radius 3 is 2.50 bits per heavy atom. The van der Waals surface area contributed by atoms with Crippen LogP contribution in [-0.2, 0) is 16.1 Å². The Bertz CT molecular complexity index is 408. The highest BCUT2D eigenvalue weighted by Crippen LogP contribution is 2.23. The molecule has 1 aromatic carbocycles. The van der Waals surface area contributed by atoms with Gasteiger partial charge in [0.25, 0.3) is 0 Å². The summed E-state index contributed by atoms with van der Waals surface area (Å²) in [4.78, 5) is 14.1. The van der Waals surface area contributed by atoms with E-state index in [4.69, 9.17) is 4.74 Å². The van der Waals surface area contributed by atoms with Crippen molar-refractivity contribution < 1.29 is 9.53 Å². The van der Waals surface area contributed by atoms with E-state index in [1.165, 1.54) is 5.56 Å². The van der Waals surface area contributed by atoms with Crippen molar-refractivity contribution in [3.8, 4) is 0 Å². The van der Waals surface area contributed by atoms with Gasteiger partial charge in [0.15, 0.2) is 0 Å². The predicted molar refractivity (Wildman–Crippen MR) is 71.1 cm³/mol. The number of likely N-dealkylation sites (tertiary alicyclic amines) is 1. The molecule has 0 aliphatic carbocycles. The molecule has 1 unspecified atom stereocenters. The number of benzene rings is 1. The second kappa shape index (κ2) is 5.11. The summed E-state index contributed by atoms with van der Waals surface area (Å²) in [6, 6.07) is 10.2. The van der Waals surface area contributed by atoms with Crippen LogP contribution in [0, 0.1) is 0 Å². The van der Waals surface area contributed by atoms with Crippen molar-refractivity contribution in [1.29, 1.82) is 0 Å². The highest BCUT2D eigenvalue weighted by atomic mass is 16.6. The molecule has 18 heavy (non-hydrogen) atoms. The van der Waals surface area contributed by atoms with Gasteiger partial charge in [0.05, 0.1) is 0 Å².